The zero-order valence-electron chi connectivity index (χ0n) is 8.89. The third-order valence-electron chi connectivity index (χ3n) is 1.91. The number of hydrogen-bond donors (Lipinski definition) is 2. The number of carbonyl (C=O) groups excluding carboxylic acids is 1. The van der Waals surface area contributed by atoms with E-state index in [0.717, 1.165) is 0 Å². The Labute approximate surface area is 91.3 Å². The molecule has 7 heteroatoms. The first kappa shape index (κ1) is 10.2. The van der Waals surface area contributed by atoms with Crippen molar-refractivity contribution in [3.8, 4) is 0 Å². The van der Waals surface area contributed by atoms with Crippen LogP contribution in [0.3, 0.4) is 0 Å². The summed E-state index contributed by atoms with van der Waals surface area (Å²) in [5.74, 6) is -0.444. The van der Waals surface area contributed by atoms with Crippen LogP contribution in [0.1, 0.15) is 16.2 Å². The van der Waals surface area contributed by atoms with Gasteiger partial charge in [0, 0.05) is 13.2 Å². The Kier molecular flexibility index (Phi) is 2.35. The molecule has 0 bridgehead atoms. The Bertz CT molecular complexity index is 528. The van der Waals surface area contributed by atoms with E-state index < -0.39 is 5.91 Å². The number of nitrogen functional groups attached to an aromatic ring is 1. The van der Waals surface area contributed by atoms with Gasteiger partial charge in [-0.15, -0.1) is 0 Å². The van der Waals surface area contributed by atoms with Gasteiger partial charge in [-0.05, 0) is 6.92 Å². The number of hydrogen-bond acceptors (Lipinski definition) is 5. The van der Waals surface area contributed by atoms with Crippen molar-refractivity contribution in [2.45, 2.75) is 6.92 Å². The fraction of sp³-hybridized carbons (Fsp3) is 0.222. The smallest absolute Gasteiger partial charge is 0.301 e. The zero-order valence-corrected chi connectivity index (χ0v) is 8.89. The SMILES string of the molecule is Cc1coc(NC(=O)c2nn(C)cc2N)n1. The molecule has 0 saturated carbocycles. The lowest BCUT2D eigenvalue weighted by Crippen LogP contribution is -2.14. The number of anilines is 2. The van der Waals surface area contributed by atoms with E-state index in [-0.39, 0.29) is 11.7 Å². The summed E-state index contributed by atoms with van der Waals surface area (Å²) >= 11 is 0. The van der Waals surface area contributed by atoms with E-state index in [2.05, 4.69) is 15.4 Å². The van der Waals surface area contributed by atoms with Crippen molar-refractivity contribution in [3.05, 3.63) is 23.8 Å². The second-order valence-electron chi connectivity index (χ2n) is 3.35. The standard InChI is InChI=1S/C9H11N5O2/c1-5-4-16-9(11-5)12-8(15)7-6(10)3-14(2)13-7/h3-4H,10H2,1-2H3,(H,11,12,15). The highest BCUT2D eigenvalue weighted by Crippen LogP contribution is 2.12. The Balaban J connectivity index is 2.17. The van der Waals surface area contributed by atoms with E-state index in [0.29, 0.717) is 11.4 Å². The molecule has 0 aliphatic carbocycles. The number of rotatable bonds is 2. The molecule has 0 aliphatic rings. The number of nitrogens with two attached hydrogens (primary N) is 1. The quantitative estimate of drug-likeness (QED) is 0.771. The highest BCUT2D eigenvalue weighted by Gasteiger charge is 2.15. The number of nitrogens with one attached hydrogen (secondary N) is 1. The van der Waals surface area contributed by atoms with Crippen molar-refractivity contribution in [2.24, 2.45) is 7.05 Å². The summed E-state index contributed by atoms with van der Waals surface area (Å²) in [5, 5.41) is 6.38. The lowest BCUT2D eigenvalue weighted by atomic mass is 10.3. The molecule has 2 aromatic rings. The summed E-state index contributed by atoms with van der Waals surface area (Å²) < 4.78 is 6.45. The van der Waals surface area contributed by atoms with Gasteiger partial charge in [-0.25, -0.2) is 0 Å². The zero-order chi connectivity index (χ0) is 11.7. The van der Waals surface area contributed by atoms with E-state index in [1.54, 1.807) is 20.2 Å². The van der Waals surface area contributed by atoms with Gasteiger partial charge in [0.2, 0.25) is 0 Å². The summed E-state index contributed by atoms with van der Waals surface area (Å²) in [6.45, 7) is 1.76. The summed E-state index contributed by atoms with van der Waals surface area (Å²) in [6, 6.07) is 0.132. The fourth-order valence-corrected chi connectivity index (χ4v) is 1.25. The average molecular weight is 221 g/mol. The number of amides is 1. The minimum atomic E-state index is -0.444. The van der Waals surface area contributed by atoms with E-state index >= 15 is 0 Å². The molecule has 84 valence electrons. The Morgan fingerprint density at radius 1 is 1.62 bits per heavy atom. The molecule has 7 nitrogen and oxygen atoms in total. The van der Waals surface area contributed by atoms with Crippen LogP contribution in [0.2, 0.25) is 0 Å². The molecule has 2 rings (SSSR count). The first-order valence-corrected chi connectivity index (χ1v) is 4.59. The van der Waals surface area contributed by atoms with Crippen molar-refractivity contribution in [1.82, 2.24) is 14.8 Å². The van der Waals surface area contributed by atoms with Crippen molar-refractivity contribution < 1.29 is 9.21 Å². The van der Waals surface area contributed by atoms with Crippen LogP contribution in [0.15, 0.2) is 16.9 Å². The summed E-state index contributed by atoms with van der Waals surface area (Å²) in [4.78, 5) is 15.6. The number of aromatic nitrogens is 3. The topological polar surface area (TPSA) is 99.0 Å². The van der Waals surface area contributed by atoms with E-state index in [9.17, 15) is 4.79 Å². The molecular weight excluding hydrogens is 210 g/mol. The van der Waals surface area contributed by atoms with Gasteiger partial charge in [-0.2, -0.15) is 10.1 Å². The Hall–Kier alpha value is -2.31. The average Bonchev–Trinajstić information content (AvgIpc) is 2.73. The first-order valence-electron chi connectivity index (χ1n) is 4.59. The van der Waals surface area contributed by atoms with Gasteiger partial charge in [0.15, 0.2) is 5.69 Å². The number of carbonyl (C=O) groups is 1. The number of aryl methyl sites for hydroxylation is 2. The second-order valence-corrected chi connectivity index (χ2v) is 3.35. The van der Waals surface area contributed by atoms with Gasteiger partial charge in [0.25, 0.3) is 5.91 Å². The minimum Gasteiger partial charge on any atom is -0.432 e. The van der Waals surface area contributed by atoms with Crippen molar-refractivity contribution in [3.63, 3.8) is 0 Å². The molecule has 0 fully saturated rings. The molecule has 0 unspecified atom stereocenters. The lowest BCUT2D eigenvalue weighted by molar-refractivity contribution is 0.101. The van der Waals surface area contributed by atoms with Gasteiger partial charge in [0.05, 0.1) is 11.4 Å². The van der Waals surface area contributed by atoms with Crippen LogP contribution >= 0.6 is 0 Å². The second kappa shape index (κ2) is 3.69. The summed E-state index contributed by atoms with van der Waals surface area (Å²) in [5.41, 5.74) is 6.75. The van der Waals surface area contributed by atoms with Crippen LogP contribution in [0.25, 0.3) is 0 Å². The van der Waals surface area contributed by atoms with E-state index in [1.807, 2.05) is 0 Å². The molecule has 2 heterocycles. The third-order valence-corrected chi connectivity index (χ3v) is 1.91. The predicted molar refractivity (Wildman–Crippen MR) is 56.8 cm³/mol. The van der Waals surface area contributed by atoms with E-state index in [4.69, 9.17) is 10.2 Å². The van der Waals surface area contributed by atoms with Crippen LogP contribution in [-0.2, 0) is 7.05 Å². The minimum absolute atomic E-state index is 0.132. The third kappa shape index (κ3) is 1.88. The van der Waals surface area contributed by atoms with Crippen molar-refractivity contribution >= 4 is 17.6 Å². The molecule has 0 aliphatic heterocycles. The monoisotopic (exact) mass is 221 g/mol. The lowest BCUT2D eigenvalue weighted by Gasteiger charge is -1.97. The van der Waals surface area contributed by atoms with Gasteiger partial charge in [0.1, 0.15) is 6.26 Å². The highest BCUT2D eigenvalue weighted by molar-refractivity contribution is 6.05. The first-order chi connectivity index (χ1) is 7.56. The fourth-order valence-electron chi connectivity index (χ4n) is 1.25. The number of oxazole rings is 1. The molecule has 0 radical (unpaired) electrons. The van der Waals surface area contributed by atoms with Crippen LogP contribution < -0.4 is 11.1 Å². The van der Waals surface area contributed by atoms with Crippen LogP contribution in [0.5, 0.6) is 0 Å². The summed E-state index contributed by atoms with van der Waals surface area (Å²) in [6.07, 6.45) is 2.99. The highest BCUT2D eigenvalue weighted by atomic mass is 16.4. The molecule has 0 spiro atoms. The molecular formula is C9H11N5O2. The van der Waals surface area contributed by atoms with Crippen LogP contribution in [0, 0.1) is 6.92 Å². The molecule has 1 amide bonds. The van der Waals surface area contributed by atoms with Crippen molar-refractivity contribution in [2.75, 3.05) is 11.1 Å². The van der Waals surface area contributed by atoms with Gasteiger partial charge in [-0.1, -0.05) is 0 Å². The van der Waals surface area contributed by atoms with Crippen LogP contribution in [0.4, 0.5) is 11.7 Å². The van der Waals surface area contributed by atoms with E-state index in [1.165, 1.54) is 10.9 Å². The molecule has 3 N–H and O–H groups in total. The largest absolute Gasteiger partial charge is 0.432 e. The van der Waals surface area contributed by atoms with Gasteiger partial charge < -0.3 is 10.2 Å². The Morgan fingerprint density at radius 2 is 2.38 bits per heavy atom. The Morgan fingerprint density at radius 3 is 2.88 bits per heavy atom. The van der Waals surface area contributed by atoms with Gasteiger partial charge in [-0.3, -0.25) is 14.8 Å². The molecule has 0 atom stereocenters. The normalized spacial score (nSPS) is 10.4. The predicted octanol–water partition coefficient (Wildman–Crippen LogP) is 0.551. The molecule has 16 heavy (non-hydrogen) atoms. The molecule has 0 aromatic carbocycles. The molecule has 2 aromatic heterocycles. The molecule has 0 saturated heterocycles. The van der Waals surface area contributed by atoms with Crippen molar-refractivity contribution in [1.29, 1.82) is 0 Å². The van der Waals surface area contributed by atoms with Crippen LogP contribution in [-0.4, -0.2) is 20.7 Å². The summed E-state index contributed by atoms with van der Waals surface area (Å²) in [7, 11) is 1.68. The maximum absolute atomic E-state index is 11.7. The van der Waals surface area contributed by atoms with Gasteiger partial charge >= 0.3 is 6.01 Å². The maximum Gasteiger partial charge on any atom is 0.301 e. The number of nitrogens with zero attached hydrogens (tertiary/aromatic N) is 3. The maximum atomic E-state index is 11.7.